The van der Waals surface area contributed by atoms with Gasteiger partial charge in [-0.1, -0.05) is 53.7 Å². The lowest BCUT2D eigenvalue weighted by Gasteiger charge is -2.25. The molecule has 1 aliphatic heterocycles. The van der Waals surface area contributed by atoms with E-state index in [0.29, 0.717) is 28.5 Å². The second-order valence-corrected chi connectivity index (χ2v) is 8.65. The molecule has 4 aromatic rings. The maximum Gasteiger partial charge on any atom is 0.338 e. The fraction of sp³-hybridized carbons (Fsp3) is 0.148. The Morgan fingerprint density at radius 2 is 1.76 bits per heavy atom. The number of amides is 1. The number of terminal acetylenes is 1. The van der Waals surface area contributed by atoms with Crippen LogP contribution in [0.25, 0.3) is 10.2 Å². The second kappa shape index (κ2) is 9.00. The van der Waals surface area contributed by atoms with Crippen LogP contribution >= 0.6 is 11.3 Å². The Labute approximate surface area is 200 Å². The van der Waals surface area contributed by atoms with Gasteiger partial charge in [-0.3, -0.25) is 4.79 Å². The summed E-state index contributed by atoms with van der Waals surface area (Å²) in [6.45, 7) is 2.30. The first kappa shape index (κ1) is 21.7. The molecule has 0 unspecified atom stereocenters. The maximum absolute atomic E-state index is 13.6. The SMILES string of the molecule is C#CCn1c(=NC(=O)C2c3ccccc3Oc3ccccc32)sc2cc(C(=O)OCC)ccc21. The van der Waals surface area contributed by atoms with E-state index >= 15 is 0 Å². The lowest BCUT2D eigenvalue weighted by atomic mass is 9.87. The van der Waals surface area contributed by atoms with Gasteiger partial charge in [0.05, 0.1) is 34.8 Å². The standard InChI is InChI=1S/C27H20N2O4S/c1-3-15-29-20-14-13-17(26(31)32-4-2)16-23(20)34-27(29)28-25(30)24-18-9-5-7-11-21(18)33-22-12-8-6-10-19(22)24/h1,5-14,16,24H,4,15H2,2H3. The number of carbonyl (C=O) groups is 2. The van der Waals surface area contributed by atoms with Gasteiger partial charge in [-0.2, -0.15) is 4.99 Å². The molecule has 1 amide bonds. The van der Waals surface area contributed by atoms with Crippen molar-refractivity contribution in [3.05, 3.63) is 88.2 Å². The van der Waals surface area contributed by atoms with Crippen molar-refractivity contribution in [3.8, 4) is 23.8 Å². The van der Waals surface area contributed by atoms with Crippen molar-refractivity contribution in [3.63, 3.8) is 0 Å². The van der Waals surface area contributed by atoms with Crippen LogP contribution in [0.1, 0.15) is 34.3 Å². The molecular formula is C27H20N2O4S. The largest absolute Gasteiger partial charge is 0.462 e. The van der Waals surface area contributed by atoms with E-state index in [2.05, 4.69) is 10.9 Å². The Morgan fingerprint density at radius 3 is 2.41 bits per heavy atom. The van der Waals surface area contributed by atoms with Crippen LogP contribution in [0.4, 0.5) is 0 Å². The van der Waals surface area contributed by atoms with E-state index in [9.17, 15) is 9.59 Å². The first-order valence-corrected chi connectivity index (χ1v) is 11.6. The minimum absolute atomic E-state index is 0.242. The number of rotatable bonds is 4. The molecule has 0 spiro atoms. The van der Waals surface area contributed by atoms with Crippen LogP contribution in [0.5, 0.6) is 11.5 Å². The molecule has 3 aromatic carbocycles. The third-order valence-electron chi connectivity index (χ3n) is 5.58. The number of thiazole rings is 1. The zero-order valence-corrected chi connectivity index (χ0v) is 19.2. The summed E-state index contributed by atoms with van der Waals surface area (Å²) in [7, 11) is 0. The van der Waals surface area contributed by atoms with E-state index in [1.165, 1.54) is 11.3 Å². The fourth-order valence-electron chi connectivity index (χ4n) is 4.08. The van der Waals surface area contributed by atoms with E-state index < -0.39 is 11.9 Å². The highest BCUT2D eigenvalue weighted by Gasteiger charge is 2.32. The Kier molecular flexibility index (Phi) is 5.74. The van der Waals surface area contributed by atoms with Gasteiger partial charge in [-0.25, -0.2) is 4.79 Å². The summed E-state index contributed by atoms with van der Waals surface area (Å²) in [5.74, 6) is 2.60. The number of esters is 1. The van der Waals surface area contributed by atoms with Crippen molar-refractivity contribution in [2.45, 2.75) is 19.4 Å². The molecule has 7 heteroatoms. The van der Waals surface area contributed by atoms with Gasteiger partial charge >= 0.3 is 5.97 Å². The predicted octanol–water partition coefficient (Wildman–Crippen LogP) is 4.88. The number of aromatic nitrogens is 1. The smallest absolute Gasteiger partial charge is 0.338 e. The number of fused-ring (bicyclic) bond motifs is 3. The van der Waals surface area contributed by atoms with Crippen molar-refractivity contribution in [2.75, 3.05) is 6.61 Å². The highest BCUT2D eigenvalue weighted by molar-refractivity contribution is 7.16. The summed E-state index contributed by atoms with van der Waals surface area (Å²) in [6, 6.07) is 20.2. The molecule has 0 bridgehead atoms. The average Bonchev–Trinajstić information content (AvgIpc) is 3.18. The van der Waals surface area contributed by atoms with Gasteiger partial charge in [-0.15, -0.1) is 6.42 Å². The highest BCUT2D eigenvalue weighted by atomic mass is 32.1. The molecule has 0 saturated carbocycles. The van der Waals surface area contributed by atoms with Crippen molar-refractivity contribution in [1.82, 2.24) is 4.57 Å². The third-order valence-corrected chi connectivity index (χ3v) is 6.62. The van der Waals surface area contributed by atoms with Crippen molar-refractivity contribution >= 4 is 33.4 Å². The fourth-order valence-corrected chi connectivity index (χ4v) is 5.15. The highest BCUT2D eigenvalue weighted by Crippen LogP contribution is 2.44. The molecule has 0 radical (unpaired) electrons. The minimum atomic E-state index is -0.597. The summed E-state index contributed by atoms with van der Waals surface area (Å²) in [5.41, 5.74) is 2.78. The molecule has 168 valence electrons. The molecule has 0 N–H and O–H groups in total. The molecule has 1 aliphatic rings. The lowest BCUT2D eigenvalue weighted by Crippen LogP contribution is -2.22. The zero-order chi connectivity index (χ0) is 23.7. The summed E-state index contributed by atoms with van der Waals surface area (Å²) >= 11 is 1.31. The van der Waals surface area contributed by atoms with Gasteiger partial charge in [0.25, 0.3) is 5.91 Å². The van der Waals surface area contributed by atoms with Crippen LogP contribution in [0.2, 0.25) is 0 Å². The van der Waals surface area contributed by atoms with Gasteiger partial charge in [0.15, 0.2) is 4.80 Å². The van der Waals surface area contributed by atoms with Gasteiger partial charge in [-0.05, 0) is 37.3 Å². The molecule has 6 nitrogen and oxygen atoms in total. The Morgan fingerprint density at radius 1 is 1.09 bits per heavy atom. The minimum Gasteiger partial charge on any atom is -0.462 e. The first-order valence-electron chi connectivity index (χ1n) is 10.8. The number of ether oxygens (including phenoxy) is 2. The molecule has 2 heterocycles. The molecule has 0 saturated heterocycles. The third kappa shape index (κ3) is 3.78. The number of carbonyl (C=O) groups excluding carboxylic acids is 2. The molecule has 0 aliphatic carbocycles. The summed E-state index contributed by atoms with van der Waals surface area (Å²) < 4.78 is 13.7. The van der Waals surface area contributed by atoms with Crippen LogP contribution in [0.15, 0.2) is 71.7 Å². The van der Waals surface area contributed by atoms with Crippen LogP contribution < -0.4 is 9.54 Å². The zero-order valence-electron chi connectivity index (χ0n) is 18.4. The number of para-hydroxylation sites is 2. The van der Waals surface area contributed by atoms with Crippen LogP contribution in [0.3, 0.4) is 0 Å². The number of hydrogen-bond donors (Lipinski definition) is 0. The van der Waals surface area contributed by atoms with E-state index in [4.69, 9.17) is 15.9 Å². The molecule has 0 fully saturated rings. The Hall–Kier alpha value is -4.15. The molecular weight excluding hydrogens is 448 g/mol. The number of hydrogen-bond acceptors (Lipinski definition) is 5. The average molecular weight is 469 g/mol. The summed E-state index contributed by atoms with van der Waals surface area (Å²) in [6.07, 6.45) is 5.61. The van der Waals surface area contributed by atoms with E-state index in [1.54, 1.807) is 25.1 Å². The first-order chi connectivity index (χ1) is 16.6. The molecule has 1 aromatic heterocycles. The monoisotopic (exact) mass is 468 g/mol. The van der Waals surface area contributed by atoms with Crippen molar-refractivity contribution in [2.24, 2.45) is 4.99 Å². The van der Waals surface area contributed by atoms with Crippen molar-refractivity contribution in [1.29, 1.82) is 0 Å². The molecule has 34 heavy (non-hydrogen) atoms. The van der Waals surface area contributed by atoms with E-state index in [1.807, 2.05) is 53.1 Å². The predicted molar refractivity (Wildman–Crippen MR) is 130 cm³/mol. The van der Waals surface area contributed by atoms with E-state index in [0.717, 1.165) is 21.3 Å². The van der Waals surface area contributed by atoms with Crippen LogP contribution in [-0.2, 0) is 16.1 Å². The van der Waals surface area contributed by atoms with Gasteiger partial charge in [0.1, 0.15) is 11.5 Å². The summed E-state index contributed by atoms with van der Waals surface area (Å²) in [4.78, 5) is 30.8. The Balaban J connectivity index is 1.64. The van der Waals surface area contributed by atoms with Crippen LogP contribution in [-0.4, -0.2) is 23.1 Å². The quantitative estimate of drug-likeness (QED) is 0.316. The molecule has 0 atom stereocenters. The van der Waals surface area contributed by atoms with Gasteiger partial charge < -0.3 is 14.0 Å². The van der Waals surface area contributed by atoms with Crippen molar-refractivity contribution < 1.29 is 19.1 Å². The van der Waals surface area contributed by atoms with Crippen LogP contribution in [0, 0.1) is 12.3 Å². The van der Waals surface area contributed by atoms with Gasteiger partial charge in [0, 0.05) is 11.1 Å². The number of nitrogens with zero attached hydrogens (tertiary/aromatic N) is 2. The Bertz CT molecular complexity index is 1490. The lowest BCUT2D eigenvalue weighted by molar-refractivity contribution is -0.118. The normalized spacial score (nSPS) is 13.0. The topological polar surface area (TPSA) is 69.9 Å². The second-order valence-electron chi connectivity index (χ2n) is 7.64. The summed E-state index contributed by atoms with van der Waals surface area (Å²) in [5, 5.41) is 0. The van der Waals surface area contributed by atoms with Gasteiger partial charge in [0.2, 0.25) is 0 Å². The number of benzene rings is 3. The molecule has 5 rings (SSSR count). The van der Waals surface area contributed by atoms with E-state index in [-0.39, 0.29) is 12.5 Å². The maximum atomic E-state index is 13.6.